The Balaban J connectivity index is 1.64. The zero-order valence-electron chi connectivity index (χ0n) is 16.8. The van der Waals surface area contributed by atoms with Gasteiger partial charge >= 0.3 is 5.63 Å². The number of hydrogen-bond acceptors (Lipinski definition) is 5. The largest absolute Gasteiger partial charge is 0.497 e. The van der Waals surface area contributed by atoms with E-state index < -0.39 is 5.63 Å². The molecule has 0 spiro atoms. The number of methoxy groups -OCH3 is 1. The van der Waals surface area contributed by atoms with Crippen molar-refractivity contribution in [2.45, 2.75) is 38.6 Å². The maximum Gasteiger partial charge on any atom is 0.349 e. The molecule has 1 saturated heterocycles. The molecule has 1 amide bonds. The highest BCUT2D eigenvalue weighted by atomic mass is 16.5. The number of carbonyl (C=O) groups is 1. The second-order valence-electron chi connectivity index (χ2n) is 7.46. The normalized spacial score (nSPS) is 15.4. The van der Waals surface area contributed by atoms with Gasteiger partial charge in [-0.3, -0.25) is 4.79 Å². The minimum atomic E-state index is -0.560. The molecule has 0 bridgehead atoms. The van der Waals surface area contributed by atoms with Gasteiger partial charge in [0, 0.05) is 12.5 Å². The highest BCUT2D eigenvalue weighted by Crippen LogP contribution is 2.15. The summed E-state index contributed by atoms with van der Waals surface area (Å²) in [6.07, 6.45) is 3.13. The van der Waals surface area contributed by atoms with Crippen LogP contribution in [-0.4, -0.2) is 44.1 Å². The summed E-state index contributed by atoms with van der Waals surface area (Å²) in [4.78, 5) is 27.3. The molecule has 6 heteroatoms. The lowest BCUT2D eigenvalue weighted by Crippen LogP contribution is -2.44. The third-order valence-electron chi connectivity index (χ3n) is 5.30. The molecule has 1 aromatic carbocycles. The summed E-state index contributed by atoms with van der Waals surface area (Å²) in [5.74, 6) is 1.07. The number of ether oxygens (including phenoxy) is 1. The first-order valence-corrected chi connectivity index (χ1v) is 9.72. The van der Waals surface area contributed by atoms with Gasteiger partial charge in [-0.25, -0.2) is 4.79 Å². The Kier molecular flexibility index (Phi) is 6.52. The van der Waals surface area contributed by atoms with Crippen molar-refractivity contribution in [2.24, 2.45) is 0 Å². The summed E-state index contributed by atoms with van der Waals surface area (Å²) < 4.78 is 10.6. The standard InChI is InChI=1S/C22H28N2O4/c1-15-14-19(9-6-16-4-7-18(27-3)8-5-16)28-22(26)20(15)21(25)23-17-10-12-24(2)13-11-17/h4-5,7-8,14,17H,6,9-13H2,1-3H3,(H,23,25). The molecule has 150 valence electrons. The lowest BCUT2D eigenvalue weighted by Gasteiger charge is -2.29. The highest BCUT2D eigenvalue weighted by molar-refractivity contribution is 5.95. The van der Waals surface area contributed by atoms with Gasteiger partial charge in [0.2, 0.25) is 0 Å². The van der Waals surface area contributed by atoms with Gasteiger partial charge in [0.05, 0.1) is 7.11 Å². The van der Waals surface area contributed by atoms with E-state index in [1.54, 1.807) is 20.1 Å². The Morgan fingerprint density at radius 3 is 2.50 bits per heavy atom. The molecule has 0 radical (unpaired) electrons. The van der Waals surface area contributed by atoms with Crippen molar-refractivity contribution in [1.82, 2.24) is 10.2 Å². The van der Waals surface area contributed by atoms with E-state index in [1.807, 2.05) is 24.3 Å². The number of aryl methyl sites for hydroxylation is 3. The van der Waals surface area contributed by atoms with Crippen molar-refractivity contribution < 1.29 is 13.9 Å². The summed E-state index contributed by atoms with van der Waals surface area (Å²) in [7, 11) is 3.71. The maximum atomic E-state index is 12.6. The van der Waals surface area contributed by atoms with E-state index in [0.29, 0.717) is 17.7 Å². The van der Waals surface area contributed by atoms with E-state index in [4.69, 9.17) is 9.15 Å². The molecule has 1 N–H and O–H groups in total. The van der Waals surface area contributed by atoms with Gasteiger partial charge < -0.3 is 19.4 Å². The molecule has 1 aliphatic rings. The van der Waals surface area contributed by atoms with E-state index in [9.17, 15) is 9.59 Å². The van der Waals surface area contributed by atoms with Gasteiger partial charge in [0.15, 0.2) is 0 Å². The van der Waals surface area contributed by atoms with Crippen LogP contribution in [0.25, 0.3) is 0 Å². The smallest absolute Gasteiger partial charge is 0.349 e. The molecule has 0 saturated carbocycles. The van der Waals surface area contributed by atoms with E-state index >= 15 is 0 Å². The molecule has 1 aliphatic heterocycles. The van der Waals surface area contributed by atoms with Crippen LogP contribution >= 0.6 is 0 Å². The molecule has 1 aromatic heterocycles. The summed E-state index contributed by atoms with van der Waals surface area (Å²) in [5, 5.41) is 2.99. The Morgan fingerprint density at radius 1 is 1.21 bits per heavy atom. The Bertz CT molecular complexity index is 865. The SMILES string of the molecule is COc1ccc(CCc2cc(C)c(C(=O)NC3CCN(C)CC3)c(=O)o2)cc1. The average Bonchev–Trinajstić information content (AvgIpc) is 2.68. The van der Waals surface area contributed by atoms with E-state index in [0.717, 1.165) is 43.7 Å². The Hall–Kier alpha value is -2.60. The average molecular weight is 384 g/mol. The van der Waals surface area contributed by atoms with Crippen LogP contribution in [0.15, 0.2) is 39.5 Å². The van der Waals surface area contributed by atoms with Gasteiger partial charge in [-0.05, 0) is 75.6 Å². The van der Waals surface area contributed by atoms with Crippen LogP contribution in [0, 0.1) is 6.92 Å². The molecule has 0 aliphatic carbocycles. The molecule has 0 unspecified atom stereocenters. The second kappa shape index (κ2) is 9.06. The van der Waals surface area contributed by atoms with Crippen LogP contribution in [0.5, 0.6) is 5.75 Å². The van der Waals surface area contributed by atoms with Gasteiger partial charge in [-0.1, -0.05) is 12.1 Å². The monoisotopic (exact) mass is 384 g/mol. The number of nitrogens with zero attached hydrogens (tertiary/aromatic N) is 1. The summed E-state index contributed by atoms with van der Waals surface area (Å²) >= 11 is 0. The van der Waals surface area contributed by atoms with E-state index in [1.165, 1.54) is 0 Å². The molecular weight excluding hydrogens is 356 g/mol. The topological polar surface area (TPSA) is 71.8 Å². The number of rotatable bonds is 6. The summed E-state index contributed by atoms with van der Waals surface area (Å²) in [6, 6.07) is 9.72. The fourth-order valence-corrected chi connectivity index (χ4v) is 3.54. The molecular formula is C22H28N2O4. The van der Waals surface area contributed by atoms with Crippen LogP contribution in [-0.2, 0) is 12.8 Å². The molecule has 28 heavy (non-hydrogen) atoms. The molecule has 1 fully saturated rings. The summed E-state index contributed by atoms with van der Waals surface area (Å²) in [5.41, 5.74) is 1.35. The van der Waals surface area contributed by atoms with Crippen molar-refractivity contribution in [1.29, 1.82) is 0 Å². The fourth-order valence-electron chi connectivity index (χ4n) is 3.54. The molecule has 2 heterocycles. The molecule has 6 nitrogen and oxygen atoms in total. The first-order chi connectivity index (χ1) is 13.5. The first-order valence-electron chi connectivity index (χ1n) is 9.72. The second-order valence-corrected chi connectivity index (χ2v) is 7.46. The molecule has 3 rings (SSSR count). The van der Waals surface area contributed by atoms with Crippen molar-refractivity contribution in [2.75, 3.05) is 27.2 Å². The molecule has 0 atom stereocenters. The minimum Gasteiger partial charge on any atom is -0.497 e. The van der Waals surface area contributed by atoms with Crippen LogP contribution in [0.2, 0.25) is 0 Å². The van der Waals surface area contributed by atoms with Gasteiger partial charge in [-0.15, -0.1) is 0 Å². The predicted molar refractivity (Wildman–Crippen MR) is 108 cm³/mol. The van der Waals surface area contributed by atoms with Crippen LogP contribution in [0.3, 0.4) is 0 Å². The molecule has 2 aromatic rings. The zero-order valence-corrected chi connectivity index (χ0v) is 16.8. The third kappa shape index (κ3) is 5.01. The fraction of sp³-hybridized carbons (Fsp3) is 0.455. The Labute approximate surface area is 165 Å². The minimum absolute atomic E-state index is 0.109. The number of piperidine rings is 1. The van der Waals surface area contributed by atoms with Gasteiger partial charge in [0.1, 0.15) is 17.1 Å². The number of carbonyl (C=O) groups excluding carboxylic acids is 1. The van der Waals surface area contributed by atoms with Crippen molar-refractivity contribution >= 4 is 5.91 Å². The number of nitrogens with one attached hydrogen (secondary N) is 1. The predicted octanol–water partition coefficient (Wildman–Crippen LogP) is 2.57. The van der Waals surface area contributed by atoms with Crippen molar-refractivity contribution in [3.63, 3.8) is 0 Å². The quantitative estimate of drug-likeness (QED) is 0.829. The lowest BCUT2D eigenvalue weighted by atomic mass is 10.0. The Morgan fingerprint density at radius 2 is 1.89 bits per heavy atom. The van der Waals surface area contributed by atoms with Crippen molar-refractivity contribution in [3.05, 3.63) is 63.2 Å². The van der Waals surface area contributed by atoms with Gasteiger partial charge in [0.25, 0.3) is 5.91 Å². The lowest BCUT2D eigenvalue weighted by molar-refractivity contribution is 0.0911. The zero-order chi connectivity index (χ0) is 20.1. The summed E-state index contributed by atoms with van der Waals surface area (Å²) in [6.45, 7) is 3.68. The first kappa shape index (κ1) is 20.1. The number of amides is 1. The van der Waals surface area contributed by atoms with Crippen LogP contribution < -0.4 is 15.7 Å². The van der Waals surface area contributed by atoms with Crippen molar-refractivity contribution in [3.8, 4) is 5.75 Å². The highest BCUT2D eigenvalue weighted by Gasteiger charge is 2.22. The van der Waals surface area contributed by atoms with E-state index in [-0.39, 0.29) is 17.5 Å². The number of benzene rings is 1. The van der Waals surface area contributed by atoms with Crippen LogP contribution in [0.4, 0.5) is 0 Å². The third-order valence-corrected chi connectivity index (χ3v) is 5.30. The van der Waals surface area contributed by atoms with E-state index in [2.05, 4.69) is 17.3 Å². The number of likely N-dealkylation sites (tertiary alicyclic amines) is 1. The van der Waals surface area contributed by atoms with Crippen LogP contribution in [0.1, 0.15) is 40.1 Å². The maximum absolute atomic E-state index is 12.6. The number of hydrogen-bond donors (Lipinski definition) is 1. The van der Waals surface area contributed by atoms with Gasteiger partial charge in [-0.2, -0.15) is 0 Å².